The number of morpholine rings is 1. The molecule has 0 radical (unpaired) electrons. The van der Waals surface area contributed by atoms with Crippen molar-refractivity contribution in [3.8, 4) is 0 Å². The molecular formula is C11H21N3O4. The number of hydrogen-bond acceptors (Lipinski definition) is 4. The zero-order chi connectivity index (χ0) is 13.4. The second-order valence-electron chi connectivity index (χ2n) is 4.35. The highest BCUT2D eigenvalue weighted by molar-refractivity contribution is 5.75. The predicted octanol–water partition coefficient (Wildman–Crippen LogP) is -0.519. The molecule has 1 aliphatic heterocycles. The summed E-state index contributed by atoms with van der Waals surface area (Å²) in [5.41, 5.74) is 0. The van der Waals surface area contributed by atoms with Gasteiger partial charge < -0.3 is 20.5 Å². The normalized spacial score (nSPS) is 18.1. The fourth-order valence-electron chi connectivity index (χ4n) is 1.74. The molecule has 3 N–H and O–H groups in total. The van der Waals surface area contributed by atoms with Gasteiger partial charge >= 0.3 is 12.0 Å². The summed E-state index contributed by atoms with van der Waals surface area (Å²) in [5, 5.41) is 13.8. The minimum Gasteiger partial charge on any atom is -0.481 e. The van der Waals surface area contributed by atoms with Crippen molar-refractivity contribution in [2.45, 2.75) is 19.4 Å². The van der Waals surface area contributed by atoms with Crippen molar-refractivity contribution in [3.63, 3.8) is 0 Å². The van der Waals surface area contributed by atoms with Crippen LogP contribution in [0.15, 0.2) is 0 Å². The Morgan fingerprint density at radius 3 is 2.67 bits per heavy atom. The Kier molecular flexibility index (Phi) is 6.45. The first-order valence-corrected chi connectivity index (χ1v) is 6.14. The van der Waals surface area contributed by atoms with Crippen LogP contribution in [0.4, 0.5) is 4.79 Å². The fourth-order valence-corrected chi connectivity index (χ4v) is 1.74. The quantitative estimate of drug-likeness (QED) is 0.597. The summed E-state index contributed by atoms with van der Waals surface area (Å²) in [4.78, 5) is 24.1. The summed E-state index contributed by atoms with van der Waals surface area (Å²) in [6.45, 7) is 6.24. The number of carbonyl (C=O) groups is 2. The van der Waals surface area contributed by atoms with Crippen LogP contribution in [0, 0.1) is 0 Å². The van der Waals surface area contributed by atoms with Crippen LogP contribution in [-0.4, -0.2) is 67.4 Å². The topological polar surface area (TPSA) is 90.9 Å². The van der Waals surface area contributed by atoms with Gasteiger partial charge in [0.2, 0.25) is 0 Å². The van der Waals surface area contributed by atoms with E-state index in [1.807, 2.05) is 0 Å². The van der Waals surface area contributed by atoms with Crippen molar-refractivity contribution in [1.82, 2.24) is 15.5 Å². The number of urea groups is 1. The highest BCUT2D eigenvalue weighted by Gasteiger charge is 2.12. The van der Waals surface area contributed by atoms with Gasteiger partial charge in [-0.2, -0.15) is 0 Å². The fraction of sp³-hybridized carbons (Fsp3) is 0.818. The maximum absolute atomic E-state index is 11.4. The number of nitrogens with zero attached hydrogens (tertiary/aromatic N) is 1. The van der Waals surface area contributed by atoms with Crippen LogP contribution in [0.5, 0.6) is 0 Å². The summed E-state index contributed by atoms with van der Waals surface area (Å²) in [7, 11) is 0. The average Bonchev–Trinajstić information content (AvgIpc) is 2.29. The summed E-state index contributed by atoms with van der Waals surface area (Å²) in [6, 6.07) is -0.692. The molecule has 1 unspecified atom stereocenters. The van der Waals surface area contributed by atoms with Crippen LogP contribution in [0.2, 0.25) is 0 Å². The van der Waals surface area contributed by atoms with Crippen molar-refractivity contribution >= 4 is 12.0 Å². The Balaban J connectivity index is 2.07. The highest BCUT2D eigenvalue weighted by Crippen LogP contribution is 1.95. The van der Waals surface area contributed by atoms with Crippen LogP contribution in [0.25, 0.3) is 0 Å². The van der Waals surface area contributed by atoms with Crippen molar-refractivity contribution in [2.75, 3.05) is 39.4 Å². The summed E-state index contributed by atoms with van der Waals surface area (Å²) < 4.78 is 5.22. The van der Waals surface area contributed by atoms with Gasteiger partial charge in [-0.1, -0.05) is 0 Å². The molecule has 0 spiro atoms. The van der Waals surface area contributed by atoms with E-state index in [1.54, 1.807) is 6.92 Å². The van der Waals surface area contributed by atoms with Crippen molar-refractivity contribution in [2.24, 2.45) is 0 Å². The lowest BCUT2D eigenvalue weighted by atomic mass is 10.2. The van der Waals surface area contributed by atoms with Crippen molar-refractivity contribution in [1.29, 1.82) is 0 Å². The Hall–Kier alpha value is -1.34. The number of rotatable bonds is 6. The minimum absolute atomic E-state index is 0.0725. The second kappa shape index (κ2) is 7.88. The number of ether oxygens (including phenoxy) is 1. The number of carbonyl (C=O) groups excluding carboxylic acids is 1. The zero-order valence-electron chi connectivity index (χ0n) is 10.6. The maximum Gasteiger partial charge on any atom is 0.315 e. The van der Waals surface area contributed by atoms with E-state index in [0.29, 0.717) is 6.54 Å². The molecule has 1 saturated heterocycles. The Morgan fingerprint density at radius 2 is 2.06 bits per heavy atom. The van der Waals surface area contributed by atoms with Gasteiger partial charge in [-0.15, -0.1) is 0 Å². The van der Waals surface area contributed by atoms with Gasteiger partial charge in [0.25, 0.3) is 0 Å². The van der Waals surface area contributed by atoms with Gasteiger partial charge in [0.05, 0.1) is 19.6 Å². The zero-order valence-corrected chi connectivity index (χ0v) is 10.6. The Morgan fingerprint density at radius 1 is 1.39 bits per heavy atom. The van der Waals surface area contributed by atoms with E-state index < -0.39 is 5.97 Å². The molecule has 1 atom stereocenters. The van der Waals surface area contributed by atoms with Gasteiger partial charge in [0.15, 0.2) is 0 Å². The maximum atomic E-state index is 11.4. The third-order valence-electron chi connectivity index (χ3n) is 2.68. The van der Waals surface area contributed by atoms with Crippen LogP contribution in [0.3, 0.4) is 0 Å². The smallest absolute Gasteiger partial charge is 0.315 e. The van der Waals surface area contributed by atoms with Crippen LogP contribution < -0.4 is 10.6 Å². The third kappa shape index (κ3) is 6.41. The van der Waals surface area contributed by atoms with Crippen molar-refractivity contribution in [3.05, 3.63) is 0 Å². The number of aliphatic carboxylic acids is 1. The lowest BCUT2D eigenvalue weighted by Crippen LogP contribution is -2.45. The molecule has 0 aromatic carbocycles. The van der Waals surface area contributed by atoms with Crippen LogP contribution >= 0.6 is 0 Å². The first kappa shape index (κ1) is 14.7. The summed E-state index contributed by atoms with van der Waals surface area (Å²) >= 11 is 0. The molecule has 1 fully saturated rings. The van der Waals surface area contributed by atoms with E-state index in [2.05, 4.69) is 15.5 Å². The van der Waals surface area contributed by atoms with E-state index in [4.69, 9.17) is 9.84 Å². The first-order chi connectivity index (χ1) is 8.58. The molecule has 2 amide bonds. The molecule has 7 nitrogen and oxygen atoms in total. The van der Waals surface area contributed by atoms with Crippen LogP contribution in [-0.2, 0) is 9.53 Å². The summed E-state index contributed by atoms with van der Waals surface area (Å²) in [6.07, 6.45) is -0.0725. The van der Waals surface area contributed by atoms with Gasteiger partial charge in [0, 0.05) is 32.2 Å². The monoisotopic (exact) mass is 259 g/mol. The van der Waals surface area contributed by atoms with Crippen molar-refractivity contribution < 1.29 is 19.4 Å². The molecule has 104 valence electrons. The molecule has 0 aromatic rings. The Labute approximate surface area is 106 Å². The summed E-state index contributed by atoms with van der Waals surface area (Å²) in [5.74, 6) is -0.920. The van der Waals surface area contributed by atoms with E-state index in [0.717, 1.165) is 32.8 Å². The molecule has 1 heterocycles. The third-order valence-corrected chi connectivity index (χ3v) is 2.68. The molecule has 0 aliphatic carbocycles. The SMILES string of the molecule is CC(CC(=O)O)NC(=O)NCCN1CCOCC1. The molecule has 0 saturated carbocycles. The molecule has 1 aliphatic rings. The lowest BCUT2D eigenvalue weighted by molar-refractivity contribution is -0.137. The molecule has 0 aromatic heterocycles. The largest absolute Gasteiger partial charge is 0.481 e. The Bertz CT molecular complexity index is 279. The number of carboxylic acid groups (broad SMARTS) is 1. The van der Waals surface area contributed by atoms with E-state index in [-0.39, 0.29) is 18.5 Å². The van der Waals surface area contributed by atoms with Gasteiger partial charge in [-0.3, -0.25) is 9.69 Å². The first-order valence-electron chi connectivity index (χ1n) is 6.14. The van der Waals surface area contributed by atoms with E-state index in [9.17, 15) is 9.59 Å². The van der Waals surface area contributed by atoms with Gasteiger partial charge in [-0.25, -0.2) is 4.79 Å². The predicted molar refractivity (Wildman–Crippen MR) is 65.5 cm³/mol. The number of carboxylic acids is 1. The molecule has 7 heteroatoms. The average molecular weight is 259 g/mol. The molecular weight excluding hydrogens is 238 g/mol. The van der Waals surface area contributed by atoms with Gasteiger partial charge in [-0.05, 0) is 6.92 Å². The van der Waals surface area contributed by atoms with Gasteiger partial charge in [0.1, 0.15) is 0 Å². The molecule has 18 heavy (non-hydrogen) atoms. The number of nitrogens with one attached hydrogen (secondary N) is 2. The number of hydrogen-bond donors (Lipinski definition) is 3. The number of amides is 2. The highest BCUT2D eigenvalue weighted by atomic mass is 16.5. The molecule has 0 bridgehead atoms. The van der Waals surface area contributed by atoms with E-state index in [1.165, 1.54) is 0 Å². The van der Waals surface area contributed by atoms with Crippen LogP contribution in [0.1, 0.15) is 13.3 Å². The van der Waals surface area contributed by atoms with E-state index >= 15 is 0 Å². The standard InChI is InChI=1S/C11H21N3O4/c1-9(8-10(15)16)13-11(17)12-2-3-14-4-6-18-7-5-14/h9H,2-8H2,1H3,(H,15,16)(H2,12,13,17). The minimum atomic E-state index is -0.920. The molecule has 1 rings (SSSR count). The second-order valence-corrected chi connectivity index (χ2v) is 4.35. The lowest BCUT2D eigenvalue weighted by Gasteiger charge is -2.26.